The van der Waals surface area contributed by atoms with Gasteiger partial charge in [-0.1, -0.05) is 24.3 Å². The van der Waals surface area contributed by atoms with E-state index < -0.39 is 5.91 Å². The molecule has 0 radical (unpaired) electrons. The van der Waals surface area contributed by atoms with Crippen molar-refractivity contribution >= 4 is 23.2 Å². The number of hydrogen-bond acceptors (Lipinski definition) is 4. The van der Waals surface area contributed by atoms with Crippen molar-refractivity contribution in [2.24, 2.45) is 0 Å². The molecule has 0 fully saturated rings. The zero-order chi connectivity index (χ0) is 15.9. The fraction of sp³-hybridized carbons (Fsp3) is 0.0714. The molecule has 0 saturated carbocycles. The number of aromatic hydroxyl groups is 1. The van der Waals surface area contributed by atoms with E-state index in [0.717, 1.165) is 5.69 Å². The van der Waals surface area contributed by atoms with Crippen molar-refractivity contribution in [3.63, 3.8) is 0 Å². The number of hydrogen-bond donors (Lipinski definition) is 4. The molecule has 0 bridgehead atoms. The molecule has 2 aromatic rings. The molecular weight excluding hydrogens is 302 g/mol. The van der Waals surface area contributed by atoms with Crippen LogP contribution in [0.25, 0.3) is 5.69 Å². The summed E-state index contributed by atoms with van der Waals surface area (Å²) < 4.78 is 1.42. The predicted octanol–water partition coefficient (Wildman–Crippen LogP) is 0.873. The van der Waals surface area contributed by atoms with Gasteiger partial charge in [0, 0.05) is 6.54 Å². The summed E-state index contributed by atoms with van der Waals surface area (Å²) in [6, 6.07) is 9.14. The van der Waals surface area contributed by atoms with E-state index in [9.17, 15) is 9.90 Å². The van der Waals surface area contributed by atoms with Crippen LogP contribution in [0.1, 0.15) is 10.5 Å². The molecule has 1 heterocycles. The third-order valence-electron chi connectivity index (χ3n) is 2.63. The Labute approximate surface area is 132 Å². The first-order valence-electron chi connectivity index (χ1n) is 6.41. The molecule has 0 spiro atoms. The van der Waals surface area contributed by atoms with Crippen LogP contribution in [0.5, 0.6) is 5.75 Å². The standard InChI is InChI=1S/C14H15N5O2S/c1-2-8-15-14(22)17-16-13(21)12-11(20)9-19(18-12)10-6-4-3-5-7-10/h2-7,9,20H,1,8H2,(H,16,21)(H2,15,17,22). The molecule has 0 aliphatic heterocycles. The summed E-state index contributed by atoms with van der Waals surface area (Å²) in [5.41, 5.74) is 5.48. The van der Waals surface area contributed by atoms with E-state index in [1.807, 2.05) is 18.2 Å². The fourth-order valence-corrected chi connectivity index (χ4v) is 1.76. The normalized spacial score (nSPS) is 9.82. The molecule has 1 aromatic heterocycles. The van der Waals surface area contributed by atoms with Crippen LogP contribution in [0.4, 0.5) is 0 Å². The second-order valence-corrected chi connectivity index (χ2v) is 4.63. The van der Waals surface area contributed by atoms with Crippen molar-refractivity contribution in [1.29, 1.82) is 0 Å². The minimum atomic E-state index is -0.602. The molecule has 0 aliphatic rings. The van der Waals surface area contributed by atoms with Crippen molar-refractivity contribution in [1.82, 2.24) is 25.9 Å². The molecule has 2 rings (SSSR count). The lowest BCUT2D eigenvalue weighted by Gasteiger charge is -2.09. The fourth-order valence-electron chi connectivity index (χ4n) is 1.62. The molecule has 1 aromatic carbocycles. The van der Waals surface area contributed by atoms with Gasteiger partial charge in [-0.2, -0.15) is 5.10 Å². The maximum Gasteiger partial charge on any atom is 0.294 e. The summed E-state index contributed by atoms with van der Waals surface area (Å²) in [6.07, 6.45) is 2.99. The van der Waals surface area contributed by atoms with Gasteiger partial charge in [-0.05, 0) is 24.4 Å². The van der Waals surface area contributed by atoms with Gasteiger partial charge in [0.25, 0.3) is 5.91 Å². The Kier molecular flexibility index (Phi) is 5.10. The largest absolute Gasteiger partial charge is 0.504 e. The van der Waals surface area contributed by atoms with Gasteiger partial charge >= 0.3 is 0 Å². The van der Waals surface area contributed by atoms with Crippen LogP contribution in [0, 0.1) is 0 Å². The highest BCUT2D eigenvalue weighted by molar-refractivity contribution is 7.80. The van der Waals surface area contributed by atoms with Crippen LogP contribution >= 0.6 is 12.2 Å². The third kappa shape index (κ3) is 3.83. The van der Waals surface area contributed by atoms with Gasteiger partial charge < -0.3 is 10.4 Å². The average Bonchev–Trinajstić information content (AvgIpc) is 2.93. The SMILES string of the molecule is C=CCNC(=S)NNC(=O)c1nn(-c2ccccc2)cc1O. The molecular formula is C14H15N5O2S. The number of rotatable bonds is 4. The highest BCUT2D eigenvalue weighted by Gasteiger charge is 2.17. The van der Waals surface area contributed by atoms with Crippen LogP contribution in [0.15, 0.2) is 49.2 Å². The number of aromatic nitrogens is 2. The number of amides is 1. The summed E-state index contributed by atoms with van der Waals surface area (Å²) >= 11 is 4.93. The second kappa shape index (κ2) is 7.23. The third-order valence-corrected chi connectivity index (χ3v) is 2.87. The van der Waals surface area contributed by atoms with Crippen molar-refractivity contribution in [3.05, 3.63) is 54.9 Å². The number of para-hydroxylation sites is 1. The summed E-state index contributed by atoms with van der Waals surface area (Å²) in [7, 11) is 0. The van der Waals surface area contributed by atoms with Crippen molar-refractivity contribution in [2.75, 3.05) is 6.54 Å². The Morgan fingerprint density at radius 1 is 1.36 bits per heavy atom. The zero-order valence-electron chi connectivity index (χ0n) is 11.6. The highest BCUT2D eigenvalue weighted by Crippen LogP contribution is 2.17. The second-order valence-electron chi connectivity index (χ2n) is 4.22. The Morgan fingerprint density at radius 3 is 2.77 bits per heavy atom. The quantitative estimate of drug-likeness (QED) is 0.380. The Balaban J connectivity index is 2.03. The first-order chi connectivity index (χ1) is 10.6. The van der Waals surface area contributed by atoms with E-state index in [0.29, 0.717) is 6.54 Å². The highest BCUT2D eigenvalue weighted by atomic mass is 32.1. The van der Waals surface area contributed by atoms with E-state index >= 15 is 0 Å². The molecule has 0 atom stereocenters. The average molecular weight is 317 g/mol. The van der Waals surface area contributed by atoms with Crippen LogP contribution in [-0.2, 0) is 0 Å². The van der Waals surface area contributed by atoms with Gasteiger partial charge in [-0.3, -0.25) is 15.6 Å². The van der Waals surface area contributed by atoms with E-state index in [4.69, 9.17) is 12.2 Å². The summed E-state index contributed by atoms with van der Waals surface area (Å²) in [4.78, 5) is 12.0. The van der Waals surface area contributed by atoms with Crippen LogP contribution in [0.2, 0.25) is 0 Å². The topological polar surface area (TPSA) is 91.2 Å². The van der Waals surface area contributed by atoms with Crippen molar-refractivity contribution in [3.8, 4) is 11.4 Å². The lowest BCUT2D eigenvalue weighted by Crippen LogP contribution is -2.46. The molecule has 0 saturated heterocycles. The zero-order valence-corrected chi connectivity index (χ0v) is 12.4. The van der Waals surface area contributed by atoms with Crippen LogP contribution in [-0.4, -0.2) is 32.5 Å². The summed E-state index contributed by atoms with van der Waals surface area (Å²) in [5.74, 6) is -0.831. The van der Waals surface area contributed by atoms with Crippen molar-refractivity contribution in [2.45, 2.75) is 0 Å². The van der Waals surface area contributed by atoms with E-state index in [1.54, 1.807) is 18.2 Å². The lowest BCUT2D eigenvalue weighted by molar-refractivity contribution is 0.0935. The number of benzene rings is 1. The molecule has 0 unspecified atom stereocenters. The monoisotopic (exact) mass is 317 g/mol. The number of carbonyl (C=O) groups is 1. The Morgan fingerprint density at radius 2 is 2.09 bits per heavy atom. The van der Waals surface area contributed by atoms with E-state index in [1.165, 1.54) is 10.9 Å². The molecule has 0 aliphatic carbocycles. The molecule has 114 valence electrons. The molecule has 1 amide bonds. The number of carbonyl (C=O) groups excluding carboxylic acids is 1. The van der Waals surface area contributed by atoms with Gasteiger partial charge in [-0.25, -0.2) is 4.68 Å². The van der Waals surface area contributed by atoms with Gasteiger partial charge in [0.1, 0.15) is 0 Å². The van der Waals surface area contributed by atoms with Gasteiger partial charge in [-0.15, -0.1) is 6.58 Å². The number of hydrazine groups is 1. The van der Waals surface area contributed by atoms with E-state index in [2.05, 4.69) is 27.8 Å². The minimum absolute atomic E-state index is 0.108. The van der Waals surface area contributed by atoms with Gasteiger partial charge in [0.2, 0.25) is 0 Å². The summed E-state index contributed by atoms with van der Waals surface area (Å²) in [5, 5.41) is 16.9. The summed E-state index contributed by atoms with van der Waals surface area (Å²) in [6.45, 7) is 4.00. The Hall–Kier alpha value is -2.87. The predicted molar refractivity (Wildman–Crippen MR) is 86.6 cm³/mol. The number of thiocarbonyl (C=S) groups is 1. The number of nitrogens with one attached hydrogen (secondary N) is 3. The molecule has 8 heteroatoms. The molecule has 4 N–H and O–H groups in total. The first-order valence-corrected chi connectivity index (χ1v) is 6.81. The van der Waals surface area contributed by atoms with Crippen LogP contribution in [0.3, 0.4) is 0 Å². The maximum absolute atomic E-state index is 12.0. The first kappa shape index (κ1) is 15.5. The van der Waals surface area contributed by atoms with E-state index in [-0.39, 0.29) is 16.6 Å². The number of nitrogens with zero attached hydrogens (tertiary/aromatic N) is 2. The minimum Gasteiger partial charge on any atom is -0.504 e. The van der Waals surface area contributed by atoms with Gasteiger partial charge in [0.05, 0.1) is 11.9 Å². The molecule has 22 heavy (non-hydrogen) atoms. The molecule has 7 nitrogen and oxygen atoms in total. The van der Waals surface area contributed by atoms with Gasteiger partial charge in [0.15, 0.2) is 16.6 Å². The Bertz CT molecular complexity index is 684. The smallest absolute Gasteiger partial charge is 0.294 e. The lowest BCUT2D eigenvalue weighted by atomic mass is 10.3. The van der Waals surface area contributed by atoms with Crippen molar-refractivity contribution < 1.29 is 9.90 Å². The maximum atomic E-state index is 12.0. The van der Waals surface area contributed by atoms with Crippen LogP contribution < -0.4 is 16.2 Å².